The number of fused-ring (bicyclic) bond motifs is 2. The zero-order chi connectivity index (χ0) is 15.7. The van der Waals surface area contributed by atoms with Gasteiger partial charge in [-0.05, 0) is 51.1 Å². The Hall–Kier alpha value is -0.840. The molecular formula is C18H29ClN2O2. The van der Waals surface area contributed by atoms with Crippen molar-refractivity contribution in [2.45, 2.75) is 40.0 Å². The Morgan fingerprint density at radius 2 is 2.13 bits per heavy atom. The highest BCUT2D eigenvalue weighted by Gasteiger charge is 2.41. The molecule has 2 unspecified atom stereocenters. The molecule has 0 aromatic carbocycles. The number of hydrogen-bond acceptors (Lipinski definition) is 3. The lowest BCUT2D eigenvalue weighted by atomic mass is 9.72. The van der Waals surface area contributed by atoms with E-state index in [9.17, 15) is 4.79 Å². The number of carbonyl (C=O) groups is 1. The number of hydrogen-bond donors (Lipinski definition) is 1. The highest BCUT2D eigenvalue weighted by molar-refractivity contribution is 6.02. The van der Waals surface area contributed by atoms with Gasteiger partial charge in [0.2, 0.25) is 0 Å². The molecule has 2 heterocycles. The van der Waals surface area contributed by atoms with E-state index in [1.54, 1.807) is 0 Å². The van der Waals surface area contributed by atoms with E-state index in [-0.39, 0.29) is 18.3 Å². The molecule has 2 atom stereocenters. The smallest absolute Gasteiger partial charge is 0.169 e. The third kappa shape index (κ3) is 3.49. The van der Waals surface area contributed by atoms with Crippen molar-refractivity contribution in [3.8, 4) is 0 Å². The van der Waals surface area contributed by atoms with Crippen LogP contribution in [0.1, 0.15) is 47.6 Å². The van der Waals surface area contributed by atoms with Crippen molar-refractivity contribution in [3.05, 3.63) is 22.5 Å². The Balaban J connectivity index is 0.00000192. The maximum Gasteiger partial charge on any atom is 0.169 e. The van der Waals surface area contributed by atoms with E-state index in [0.29, 0.717) is 11.7 Å². The van der Waals surface area contributed by atoms with Crippen molar-refractivity contribution in [1.29, 1.82) is 0 Å². The van der Waals surface area contributed by atoms with Crippen LogP contribution in [0.5, 0.6) is 0 Å². The number of carbonyl (C=O) groups excluding carboxylic acids is 1. The van der Waals surface area contributed by atoms with Crippen molar-refractivity contribution < 1.29 is 9.53 Å². The van der Waals surface area contributed by atoms with Gasteiger partial charge in [0.1, 0.15) is 0 Å². The molecule has 0 saturated carbocycles. The monoisotopic (exact) mass is 340 g/mol. The molecule has 3 rings (SSSR count). The van der Waals surface area contributed by atoms with Gasteiger partial charge in [-0.15, -0.1) is 12.4 Å². The van der Waals surface area contributed by atoms with E-state index < -0.39 is 0 Å². The Labute approximate surface area is 145 Å². The molecule has 23 heavy (non-hydrogen) atoms. The summed E-state index contributed by atoms with van der Waals surface area (Å²) in [5, 5.41) is 0. The van der Waals surface area contributed by atoms with E-state index in [1.165, 1.54) is 17.0 Å². The van der Waals surface area contributed by atoms with Crippen LogP contribution in [0.25, 0.3) is 0 Å². The quantitative estimate of drug-likeness (QED) is 0.838. The topological polar surface area (TPSA) is 45.3 Å². The standard InChI is InChI=1S/C18H28N2O2.ClH/c1-4-14-12(3)19-16-10-13-6-7-20(8-9-22-5-2)11-15(13)18(21)17(14)16;/h13,15,19H,4-11H2,1-3H3;1H. The van der Waals surface area contributed by atoms with Crippen molar-refractivity contribution in [3.63, 3.8) is 0 Å². The predicted octanol–water partition coefficient (Wildman–Crippen LogP) is 3.02. The molecule has 0 bridgehead atoms. The number of ketones is 1. The Kier molecular flexibility index (Phi) is 6.29. The summed E-state index contributed by atoms with van der Waals surface area (Å²) in [5.41, 5.74) is 4.65. The first-order valence-electron chi connectivity index (χ1n) is 8.70. The van der Waals surface area contributed by atoms with Gasteiger partial charge in [0.15, 0.2) is 5.78 Å². The molecule has 2 aliphatic rings. The number of nitrogens with one attached hydrogen (secondary N) is 1. The van der Waals surface area contributed by atoms with Crippen molar-refractivity contribution >= 4 is 18.2 Å². The van der Waals surface area contributed by atoms with Gasteiger partial charge in [0.25, 0.3) is 0 Å². The molecule has 1 fully saturated rings. The fourth-order valence-electron chi connectivity index (χ4n) is 4.22. The lowest BCUT2D eigenvalue weighted by Gasteiger charge is -2.40. The lowest BCUT2D eigenvalue weighted by Crippen LogP contribution is -2.47. The SMILES string of the molecule is CCOCCN1CCC2Cc3[nH]c(C)c(CC)c3C(=O)C2C1.Cl. The molecular weight excluding hydrogens is 312 g/mol. The largest absolute Gasteiger partial charge is 0.380 e. The Bertz CT molecular complexity index is 555. The molecule has 0 spiro atoms. The van der Waals surface area contributed by atoms with Gasteiger partial charge in [0.05, 0.1) is 6.61 Å². The number of aryl methyl sites for hydroxylation is 1. The summed E-state index contributed by atoms with van der Waals surface area (Å²) in [6, 6.07) is 0. The average Bonchev–Trinajstić information content (AvgIpc) is 2.83. The summed E-state index contributed by atoms with van der Waals surface area (Å²) < 4.78 is 5.46. The first-order chi connectivity index (χ1) is 10.7. The van der Waals surface area contributed by atoms with Gasteiger partial charge < -0.3 is 14.6 Å². The van der Waals surface area contributed by atoms with Crippen molar-refractivity contribution in [1.82, 2.24) is 9.88 Å². The van der Waals surface area contributed by atoms with E-state index in [0.717, 1.165) is 57.7 Å². The van der Waals surface area contributed by atoms with E-state index in [2.05, 4.69) is 23.7 Å². The van der Waals surface area contributed by atoms with Gasteiger partial charge in [-0.3, -0.25) is 4.79 Å². The molecule has 0 radical (unpaired) electrons. The van der Waals surface area contributed by atoms with E-state index in [1.807, 2.05) is 6.92 Å². The predicted molar refractivity (Wildman–Crippen MR) is 94.7 cm³/mol. The molecule has 0 amide bonds. The molecule has 1 N–H and O–H groups in total. The second-order valence-corrected chi connectivity index (χ2v) is 6.66. The van der Waals surface area contributed by atoms with Crippen LogP contribution < -0.4 is 0 Å². The number of Topliss-reactive ketones (excluding diaryl/α,β-unsaturated/α-hetero) is 1. The summed E-state index contributed by atoms with van der Waals surface area (Å²) in [4.78, 5) is 18.9. The Morgan fingerprint density at radius 1 is 1.35 bits per heavy atom. The fraction of sp³-hybridized carbons (Fsp3) is 0.722. The van der Waals surface area contributed by atoms with Gasteiger partial charge in [-0.1, -0.05) is 6.92 Å². The van der Waals surface area contributed by atoms with Crippen LogP contribution in [0.4, 0.5) is 0 Å². The minimum Gasteiger partial charge on any atom is -0.380 e. The normalized spacial score (nSPS) is 24.0. The third-order valence-electron chi connectivity index (χ3n) is 5.39. The molecule has 1 aliphatic carbocycles. The minimum atomic E-state index is 0. The zero-order valence-corrected chi connectivity index (χ0v) is 15.3. The lowest BCUT2D eigenvalue weighted by molar-refractivity contribution is 0.0539. The number of halogens is 1. The van der Waals surface area contributed by atoms with Crippen LogP contribution >= 0.6 is 12.4 Å². The highest BCUT2D eigenvalue weighted by atomic mass is 35.5. The fourth-order valence-corrected chi connectivity index (χ4v) is 4.22. The number of aromatic nitrogens is 1. The van der Waals surface area contributed by atoms with Crippen LogP contribution in [0.3, 0.4) is 0 Å². The second kappa shape index (κ2) is 7.82. The number of ether oxygens (including phenoxy) is 1. The molecule has 5 heteroatoms. The summed E-state index contributed by atoms with van der Waals surface area (Å²) in [5.74, 6) is 1.09. The maximum absolute atomic E-state index is 13.0. The molecule has 4 nitrogen and oxygen atoms in total. The van der Waals surface area contributed by atoms with Gasteiger partial charge in [-0.2, -0.15) is 0 Å². The van der Waals surface area contributed by atoms with Crippen LogP contribution in [-0.2, 0) is 17.6 Å². The third-order valence-corrected chi connectivity index (χ3v) is 5.39. The summed E-state index contributed by atoms with van der Waals surface area (Å²) in [6.07, 6.45) is 3.11. The number of piperidine rings is 1. The van der Waals surface area contributed by atoms with Crippen molar-refractivity contribution in [2.24, 2.45) is 11.8 Å². The van der Waals surface area contributed by atoms with Gasteiger partial charge >= 0.3 is 0 Å². The average molecular weight is 341 g/mol. The summed E-state index contributed by atoms with van der Waals surface area (Å²) in [6.45, 7) is 10.8. The maximum atomic E-state index is 13.0. The number of likely N-dealkylation sites (tertiary alicyclic amines) is 1. The number of rotatable bonds is 5. The molecule has 1 saturated heterocycles. The zero-order valence-electron chi connectivity index (χ0n) is 14.5. The number of nitrogens with zero attached hydrogens (tertiary/aromatic N) is 1. The van der Waals surface area contributed by atoms with E-state index >= 15 is 0 Å². The van der Waals surface area contributed by atoms with Gasteiger partial charge in [0, 0.05) is 42.6 Å². The van der Waals surface area contributed by atoms with Crippen LogP contribution in [-0.4, -0.2) is 48.5 Å². The minimum absolute atomic E-state index is 0. The van der Waals surface area contributed by atoms with Gasteiger partial charge in [-0.25, -0.2) is 0 Å². The second-order valence-electron chi connectivity index (χ2n) is 6.66. The van der Waals surface area contributed by atoms with E-state index in [4.69, 9.17) is 4.74 Å². The first-order valence-corrected chi connectivity index (χ1v) is 8.70. The highest BCUT2D eigenvalue weighted by Crippen LogP contribution is 2.37. The first kappa shape index (κ1) is 18.5. The van der Waals surface area contributed by atoms with Crippen LogP contribution in [0, 0.1) is 18.8 Å². The van der Waals surface area contributed by atoms with Crippen LogP contribution in [0.15, 0.2) is 0 Å². The number of H-pyrrole nitrogens is 1. The van der Waals surface area contributed by atoms with Crippen molar-refractivity contribution in [2.75, 3.05) is 32.8 Å². The molecule has 1 aromatic heterocycles. The summed E-state index contributed by atoms with van der Waals surface area (Å²) in [7, 11) is 0. The molecule has 130 valence electrons. The summed E-state index contributed by atoms with van der Waals surface area (Å²) >= 11 is 0. The Morgan fingerprint density at radius 3 is 2.83 bits per heavy atom. The molecule has 1 aromatic rings. The van der Waals surface area contributed by atoms with Crippen LogP contribution in [0.2, 0.25) is 0 Å². The molecule has 1 aliphatic heterocycles. The number of aromatic amines is 1.